The number of rotatable bonds is 0. The summed E-state index contributed by atoms with van der Waals surface area (Å²) >= 11 is 0. The summed E-state index contributed by atoms with van der Waals surface area (Å²) in [5.74, 6) is 0. The van der Waals surface area contributed by atoms with Crippen LogP contribution in [0.5, 0.6) is 0 Å². The van der Waals surface area contributed by atoms with Crippen molar-refractivity contribution in [2.24, 2.45) is 0 Å². The molecule has 4 aromatic rings. The van der Waals surface area contributed by atoms with Crippen molar-refractivity contribution in [3.05, 3.63) is 71.8 Å². The lowest BCUT2D eigenvalue weighted by Crippen LogP contribution is -2.03. The minimum atomic E-state index is 1.14. The molecule has 0 bridgehead atoms. The van der Waals surface area contributed by atoms with Crippen LogP contribution in [-0.2, 0) is 12.8 Å². The first-order valence-electron chi connectivity index (χ1n) is 7.52. The highest BCUT2D eigenvalue weighted by molar-refractivity contribution is 6.15. The second-order valence-electron chi connectivity index (χ2n) is 5.85. The zero-order valence-electron chi connectivity index (χ0n) is 11.7. The molecule has 0 unspecified atom stereocenters. The second-order valence-corrected chi connectivity index (χ2v) is 5.85. The van der Waals surface area contributed by atoms with E-state index in [4.69, 9.17) is 0 Å². The average molecular weight is 269 g/mol. The van der Waals surface area contributed by atoms with Crippen molar-refractivity contribution in [1.82, 2.24) is 4.98 Å². The highest BCUT2D eigenvalue weighted by Gasteiger charge is 2.20. The Morgan fingerprint density at radius 3 is 2.48 bits per heavy atom. The monoisotopic (exact) mass is 269 g/mol. The number of H-pyrrole nitrogens is 1. The van der Waals surface area contributed by atoms with E-state index in [2.05, 4.69) is 65.6 Å². The number of aromatic nitrogens is 1. The zero-order chi connectivity index (χ0) is 13.8. The van der Waals surface area contributed by atoms with Crippen molar-refractivity contribution in [3.63, 3.8) is 0 Å². The fourth-order valence-corrected chi connectivity index (χ4v) is 3.75. The van der Waals surface area contributed by atoms with E-state index in [-0.39, 0.29) is 0 Å². The van der Waals surface area contributed by atoms with Crippen LogP contribution in [0.25, 0.3) is 32.9 Å². The van der Waals surface area contributed by atoms with Gasteiger partial charge in [-0.25, -0.2) is 0 Å². The Morgan fingerprint density at radius 2 is 1.48 bits per heavy atom. The first-order valence-corrected chi connectivity index (χ1v) is 7.52. The van der Waals surface area contributed by atoms with Crippen molar-refractivity contribution in [2.45, 2.75) is 12.8 Å². The van der Waals surface area contributed by atoms with Gasteiger partial charge in [0.25, 0.3) is 0 Å². The summed E-state index contributed by atoms with van der Waals surface area (Å²) in [4.78, 5) is 3.56. The molecule has 0 saturated heterocycles. The average Bonchev–Trinajstić information content (AvgIpc) is 2.93. The highest BCUT2D eigenvalue weighted by atomic mass is 14.7. The number of nitrogens with one attached hydrogen (secondary N) is 1. The molecule has 21 heavy (non-hydrogen) atoms. The van der Waals surface area contributed by atoms with Crippen LogP contribution in [0.1, 0.15) is 11.1 Å². The summed E-state index contributed by atoms with van der Waals surface area (Å²) in [5.41, 5.74) is 8.27. The molecule has 5 rings (SSSR count). The number of aryl methyl sites for hydroxylation is 2. The largest absolute Gasteiger partial charge is 0.354 e. The van der Waals surface area contributed by atoms with Crippen LogP contribution in [0.3, 0.4) is 0 Å². The topological polar surface area (TPSA) is 15.8 Å². The van der Waals surface area contributed by atoms with Crippen molar-refractivity contribution < 1.29 is 0 Å². The third kappa shape index (κ3) is 1.46. The van der Waals surface area contributed by atoms with Gasteiger partial charge in [-0.05, 0) is 47.2 Å². The summed E-state index contributed by atoms with van der Waals surface area (Å²) in [6.07, 6.45) is 2.29. The number of para-hydroxylation sites is 1. The molecule has 0 aliphatic heterocycles. The molecule has 3 aromatic carbocycles. The predicted octanol–water partition coefficient (Wildman–Crippen LogP) is 5.09. The fraction of sp³-hybridized carbons (Fsp3) is 0.100. The quantitative estimate of drug-likeness (QED) is 0.458. The summed E-state index contributed by atoms with van der Waals surface area (Å²) in [5, 5.41) is 2.72. The van der Waals surface area contributed by atoms with E-state index in [1.165, 1.54) is 44.1 Å². The summed E-state index contributed by atoms with van der Waals surface area (Å²) in [6, 6.07) is 22.0. The molecule has 0 atom stereocenters. The van der Waals surface area contributed by atoms with Crippen molar-refractivity contribution in [2.75, 3.05) is 0 Å². The van der Waals surface area contributed by atoms with Gasteiger partial charge in [0.2, 0.25) is 0 Å². The normalized spacial score (nSPS) is 13.3. The van der Waals surface area contributed by atoms with Crippen molar-refractivity contribution >= 4 is 21.8 Å². The van der Waals surface area contributed by atoms with Crippen LogP contribution in [-0.4, -0.2) is 4.98 Å². The minimum absolute atomic E-state index is 1.14. The second kappa shape index (κ2) is 3.98. The van der Waals surface area contributed by atoms with E-state index in [0.29, 0.717) is 0 Å². The van der Waals surface area contributed by atoms with Crippen LogP contribution >= 0.6 is 0 Å². The zero-order valence-corrected chi connectivity index (χ0v) is 11.7. The number of hydrogen-bond acceptors (Lipinski definition) is 0. The smallest absolute Gasteiger partial charge is 0.0471 e. The first-order chi connectivity index (χ1) is 10.4. The van der Waals surface area contributed by atoms with Crippen LogP contribution in [0.15, 0.2) is 60.7 Å². The molecular formula is C20H15N. The molecule has 1 aliphatic carbocycles. The van der Waals surface area contributed by atoms with E-state index < -0.39 is 0 Å². The highest BCUT2D eigenvalue weighted by Crippen LogP contribution is 2.41. The fourth-order valence-electron chi connectivity index (χ4n) is 3.75. The van der Waals surface area contributed by atoms with Gasteiger partial charge in [-0.2, -0.15) is 0 Å². The molecule has 1 nitrogen and oxygen atoms in total. The Morgan fingerprint density at radius 1 is 0.667 bits per heavy atom. The number of fused-ring (bicyclic) bond motifs is 7. The maximum Gasteiger partial charge on any atom is 0.0471 e. The lowest BCUT2D eigenvalue weighted by atomic mass is 9.83. The van der Waals surface area contributed by atoms with E-state index in [9.17, 15) is 0 Å². The van der Waals surface area contributed by atoms with Gasteiger partial charge in [-0.15, -0.1) is 0 Å². The molecule has 1 heteroatoms. The van der Waals surface area contributed by atoms with E-state index in [0.717, 1.165) is 12.8 Å². The standard InChI is InChI=1S/C20H15N/c1-2-6-15-13(5-1)9-10-14-11-12-18-20(19(14)15)16-7-3-4-8-17(16)21-18/h1-8,11-12,21H,9-10H2. The molecule has 0 radical (unpaired) electrons. The molecule has 1 N–H and O–H groups in total. The SMILES string of the molecule is c1ccc2c(c1)CCc1ccc3[nH]c4ccccc4c3c1-2. The third-order valence-electron chi connectivity index (χ3n) is 4.71. The molecule has 0 saturated carbocycles. The van der Waals surface area contributed by atoms with Gasteiger partial charge in [-0.3, -0.25) is 0 Å². The molecule has 1 heterocycles. The summed E-state index contributed by atoms with van der Waals surface area (Å²) in [6.45, 7) is 0. The van der Waals surface area contributed by atoms with Crippen molar-refractivity contribution in [1.29, 1.82) is 0 Å². The molecule has 0 fully saturated rings. The predicted molar refractivity (Wildman–Crippen MR) is 88.6 cm³/mol. The Bertz CT molecular complexity index is 991. The molecule has 0 spiro atoms. The summed E-state index contributed by atoms with van der Waals surface area (Å²) < 4.78 is 0. The van der Waals surface area contributed by atoms with Crippen LogP contribution in [0.4, 0.5) is 0 Å². The third-order valence-corrected chi connectivity index (χ3v) is 4.71. The Labute approximate surface area is 123 Å². The molecule has 1 aromatic heterocycles. The molecular weight excluding hydrogens is 254 g/mol. The number of hydrogen-bond donors (Lipinski definition) is 1. The van der Waals surface area contributed by atoms with Gasteiger partial charge >= 0.3 is 0 Å². The number of benzene rings is 3. The molecule has 1 aliphatic rings. The van der Waals surface area contributed by atoms with E-state index >= 15 is 0 Å². The minimum Gasteiger partial charge on any atom is -0.354 e. The maximum absolute atomic E-state index is 3.56. The van der Waals surface area contributed by atoms with Gasteiger partial charge in [-0.1, -0.05) is 48.5 Å². The van der Waals surface area contributed by atoms with E-state index in [1.54, 1.807) is 0 Å². The van der Waals surface area contributed by atoms with Crippen LogP contribution in [0.2, 0.25) is 0 Å². The molecule has 0 amide bonds. The van der Waals surface area contributed by atoms with Gasteiger partial charge in [0.15, 0.2) is 0 Å². The van der Waals surface area contributed by atoms with Crippen LogP contribution in [0, 0.1) is 0 Å². The van der Waals surface area contributed by atoms with Crippen molar-refractivity contribution in [3.8, 4) is 11.1 Å². The Hall–Kier alpha value is -2.54. The van der Waals surface area contributed by atoms with Gasteiger partial charge < -0.3 is 4.98 Å². The van der Waals surface area contributed by atoms with Gasteiger partial charge in [0, 0.05) is 21.8 Å². The maximum atomic E-state index is 3.56. The first kappa shape index (κ1) is 11.2. The number of aromatic amines is 1. The van der Waals surface area contributed by atoms with Gasteiger partial charge in [0.05, 0.1) is 0 Å². The Kier molecular flexibility index (Phi) is 2.12. The Balaban J connectivity index is 2.01. The van der Waals surface area contributed by atoms with Crippen LogP contribution < -0.4 is 0 Å². The summed E-state index contributed by atoms with van der Waals surface area (Å²) in [7, 11) is 0. The van der Waals surface area contributed by atoms with E-state index in [1.807, 2.05) is 0 Å². The molecule has 100 valence electrons. The lowest BCUT2D eigenvalue weighted by Gasteiger charge is -2.20. The lowest BCUT2D eigenvalue weighted by molar-refractivity contribution is 0.945. The van der Waals surface area contributed by atoms with Gasteiger partial charge in [0.1, 0.15) is 0 Å².